The van der Waals surface area contributed by atoms with Gasteiger partial charge in [-0.05, 0) is 25.7 Å². The highest BCUT2D eigenvalue weighted by molar-refractivity contribution is 7.80. The van der Waals surface area contributed by atoms with Crippen LogP contribution in [0.1, 0.15) is 26.2 Å². The molecule has 1 unspecified atom stereocenters. The maximum absolute atomic E-state index is 11.9. The van der Waals surface area contributed by atoms with Crippen LogP contribution in [0.3, 0.4) is 0 Å². The Balaban J connectivity index is 2.53. The van der Waals surface area contributed by atoms with Gasteiger partial charge in [-0.1, -0.05) is 12.2 Å². The Kier molecular flexibility index (Phi) is 5.15. The predicted molar refractivity (Wildman–Crippen MR) is 67.2 cm³/mol. The molecule has 0 heterocycles. The highest BCUT2D eigenvalue weighted by Gasteiger charge is 2.33. The summed E-state index contributed by atoms with van der Waals surface area (Å²) in [6.07, 6.45) is 2.59. The normalized spacial score (nSPS) is 16.9. The van der Waals surface area contributed by atoms with Gasteiger partial charge in [0.05, 0.1) is 18.0 Å². The second-order valence-corrected chi connectivity index (χ2v) is 4.83. The summed E-state index contributed by atoms with van der Waals surface area (Å²) in [5, 5.41) is 0. The van der Waals surface area contributed by atoms with E-state index in [2.05, 4.69) is 6.92 Å². The van der Waals surface area contributed by atoms with Gasteiger partial charge in [0.1, 0.15) is 0 Å². The van der Waals surface area contributed by atoms with E-state index in [-0.39, 0.29) is 23.4 Å². The predicted octanol–water partition coefficient (Wildman–Crippen LogP) is 0.936. The average molecular weight is 244 g/mol. The Labute approximate surface area is 102 Å². The van der Waals surface area contributed by atoms with Crippen molar-refractivity contribution in [2.45, 2.75) is 32.2 Å². The minimum absolute atomic E-state index is 0.0175. The Morgan fingerprint density at radius 3 is 2.69 bits per heavy atom. The van der Waals surface area contributed by atoms with E-state index in [4.69, 9.17) is 22.7 Å². The van der Waals surface area contributed by atoms with Gasteiger partial charge in [-0.3, -0.25) is 4.79 Å². The van der Waals surface area contributed by atoms with Crippen LogP contribution in [-0.2, 0) is 9.53 Å². The Hall–Kier alpha value is -0.680. The largest absolute Gasteiger partial charge is 0.393 e. The summed E-state index contributed by atoms with van der Waals surface area (Å²) in [4.78, 5) is 14.0. The van der Waals surface area contributed by atoms with Gasteiger partial charge in [0, 0.05) is 19.7 Å². The van der Waals surface area contributed by atoms with Gasteiger partial charge in [0.15, 0.2) is 0 Å². The molecule has 5 heteroatoms. The molecule has 92 valence electrons. The van der Waals surface area contributed by atoms with Crippen molar-refractivity contribution < 1.29 is 9.53 Å². The molecule has 1 atom stereocenters. The second-order valence-electron chi connectivity index (χ2n) is 4.30. The number of thiocarbonyl (C=S) groups is 1. The number of nitrogens with zero attached hydrogens (tertiary/aromatic N) is 1. The molecule has 16 heavy (non-hydrogen) atoms. The van der Waals surface area contributed by atoms with Crippen LogP contribution in [0.4, 0.5) is 0 Å². The number of hydrogen-bond donors (Lipinski definition) is 1. The van der Waals surface area contributed by atoms with E-state index < -0.39 is 0 Å². The minimum atomic E-state index is 0.0175. The summed E-state index contributed by atoms with van der Waals surface area (Å²) in [5.74, 6) is 0.663. The lowest BCUT2D eigenvalue weighted by Crippen LogP contribution is -2.43. The van der Waals surface area contributed by atoms with Crippen molar-refractivity contribution in [2.24, 2.45) is 11.7 Å². The van der Waals surface area contributed by atoms with E-state index >= 15 is 0 Å². The van der Waals surface area contributed by atoms with E-state index in [1.54, 1.807) is 7.11 Å². The molecule has 1 aliphatic rings. The van der Waals surface area contributed by atoms with Crippen molar-refractivity contribution in [1.29, 1.82) is 0 Å². The van der Waals surface area contributed by atoms with Crippen LogP contribution in [0.2, 0.25) is 0 Å². The molecule has 2 N–H and O–H groups in total. The molecule has 0 saturated heterocycles. The highest BCUT2D eigenvalue weighted by atomic mass is 32.1. The first-order valence-electron chi connectivity index (χ1n) is 5.63. The number of amides is 1. The molecule has 0 aromatic rings. The number of hydrogen-bond acceptors (Lipinski definition) is 3. The Morgan fingerprint density at radius 2 is 2.25 bits per heavy atom. The lowest BCUT2D eigenvalue weighted by Gasteiger charge is -2.29. The lowest BCUT2D eigenvalue weighted by atomic mass is 10.1. The Bertz CT molecular complexity index is 267. The van der Waals surface area contributed by atoms with Crippen molar-refractivity contribution in [3.8, 4) is 0 Å². The maximum Gasteiger partial charge on any atom is 0.229 e. The number of rotatable bonds is 7. The van der Waals surface area contributed by atoms with Crippen LogP contribution < -0.4 is 5.73 Å². The molecular formula is C11H20N2O2S. The fraction of sp³-hybridized carbons (Fsp3) is 0.818. The lowest BCUT2D eigenvalue weighted by molar-refractivity contribution is -0.133. The van der Waals surface area contributed by atoms with Crippen LogP contribution in [0.5, 0.6) is 0 Å². The number of carbonyl (C=O) groups is 1. The summed E-state index contributed by atoms with van der Waals surface area (Å²) < 4.78 is 5.02. The standard InChI is InChI=1S/C11H20N2O2S/c1-8(9-3-4-9)13(5-6-15-2)11(14)7-10(12)16/h8-9H,3-7H2,1-2H3,(H2,12,16). The number of nitrogens with two attached hydrogens (primary N) is 1. The topological polar surface area (TPSA) is 55.6 Å². The van der Waals surface area contributed by atoms with E-state index in [0.29, 0.717) is 19.1 Å². The molecule has 0 radical (unpaired) electrons. The molecule has 1 rings (SSSR count). The third-order valence-corrected chi connectivity index (χ3v) is 3.12. The van der Waals surface area contributed by atoms with E-state index in [9.17, 15) is 4.79 Å². The number of methoxy groups -OCH3 is 1. The van der Waals surface area contributed by atoms with Crippen LogP contribution in [0.25, 0.3) is 0 Å². The van der Waals surface area contributed by atoms with Gasteiger partial charge in [0.2, 0.25) is 5.91 Å². The fourth-order valence-electron chi connectivity index (χ4n) is 1.83. The van der Waals surface area contributed by atoms with Crippen molar-refractivity contribution in [1.82, 2.24) is 4.90 Å². The second kappa shape index (κ2) is 6.15. The quantitative estimate of drug-likeness (QED) is 0.677. The molecule has 0 spiro atoms. The third kappa shape index (κ3) is 4.06. The van der Waals surface area contributed by atoms with Gasteiger partial charge >= 0.3 is 0 Å². The number of carbonyl (C=O) groups excluding carboxylic acids is 1. The van der Waals surface area contributed by atoms with Crippen molar-refractivity contribution in [3.63, 3.8) is 0 Å². The van der Waals surface area contributed by atoms with Crippen LogP contribution in [0.15, 0.2) is 0 Å². The molecule has 1 fully saturated rings. The maximum atomic E-state index is 11.9. The van der Waals surface area contributed by atoms with E-state index in [1.165, 1.54) is 12.8 Å². The van der Waals surface area contributed by atoms with Gasteiger partial charge in [-0.2, -0.15) is 0 Å². The molecule has 0 aromatic carbocycles. The van der Waals surface area contributed by atoms with Crippen molar-refractivity contribution in [2.75, 3.05) is 20.3 Å². The van der Waals surface area contributed by atoms with Gasteiger partial charge in [0.25, 0.3) is 0 Å². The summed E-state index contributed by atoms with van der Waals surface area (Å²) >= 11 is 4.77. The molecule has 1 aliphatic carbocycles. The zero-order chi connectivity index (χ0) is 12.1. The molecule has 0 aromatic heterocycles. The monoisotopic (exact) mass is 244 g/mol. The van der Waals surface area contributed by atoms with E-state index in [0.717, 1.165) is 0 Å². The third-order valence-electron chi connectivity index (χ3n) is 2.98. The molecule has 0 aliphatic heterocycles. The minimum Gasteiger partial charge on any atom is -0.393 e. The molecule has 0 bridgehead atoms. The van der Waals surface area contributed by atoms with E-state index in [1.807, 2.05) is 4.90 Å². The van der Waals surface area contributed by atoms with Gasteiger partial charge in [-0.25, -0.2) is 0 Å². The van der Waals surface area contributed by atoms with Gasteiger partial charge in [-0.15, -0.1) is 0 Å². The summed E-state index contributed by atoms with van der Waals surface area (Å²) in [6.45, 7) is 3.26. The molecule has 1 amide bonds. The van der Waals surface area contributed by atoms with Crippen LogP contribution >= 0.6 is 12.2 Å². The molecule has 4 nitrogen and oxygen atoms in total. The SMILES string of the molecule is COCCN(C(=O)CC(N)=S)C(C)C1CC1. The smallest absolute Gasteiger partial charge is 0.229 e. The highest BCUT2D eigenvalue weighted by Crippen LogP contribution is 2.35. The average Bonchev–Trinajstić information content (AvgIpc) is 2.99. The zero-order valence-corrected chi connectivity index (χ0v) is 10.8. The zero-order valence-electron chi connectivity index (χ0n) is 9.94. The summed E-state index contributed by atoms with van der Waals surface area (Å²) in [7, 11) is 1.64. The first-order valence-corrected chi connectivity index (χ1v) is 6.03. The van der Waals surface area contributed by atoms with Crippen molar-refractivity contribution >= 4 is 23.1 Å². The number of ether oxygens (including phenoxy) is 1. The Morgan fingerprint density at radius 1 is 1.62 bits per heavy atom. The molecule has 1 saturated carbocycles. The first-order chi connectivity index (χ1) is 7.56. The van der Waals surface area contributed by atoms with Crippen LogP contribution in [0, 0.1) is 5.92 Å². The van der Waals surface area contributed by atoms with Gasteiger partial charge < -0.3 is 15.4 Å². The fourth-order valence-corrected chi connectivity index (χ4v) is 1.95. The summed E-state index contributed by atoms with van der Waals surface area (Å²) in [6, 6.07) is 0.275. The first kappa shape index (κ1) is 13.4. The van der Waals surface area contributed by atoms with Crippen molar-refractivity contribution in [3.05, 3.63) is 0 Å². The van der Waals surface area contributed by atoms with Crippen LogP contribution in [-0.4, -0.2) is 42.1 Å². The molecular weight excluding hydrogens is 224 g/mol. The summed E-state index contributed by atoms with van der Waals surface area (Å²) in [5.41, 5.74) is 5.40.